The van der Waals surface area contributed by atoms with Crippen LogP contribution in [0.4, 0.5) is 52.7 Å². The molecule has 2 saturated carbocycles. The van der Waals surface area contributed by atoms with Gasteiger partial charge in [-0.25, -0.2) is 26.3 Å². The van der Waals surface area contributed by atoms with Gasteiger partial charge >= 0.3 is 12.7 Å². The van der Waals surface area contributed by atoms with Crippen molar-refractivity contribution in [2.45, 2.75) is 147 Å². The zero-order valence-electron chi connectivity index (χ0n) is 40.4. The minimum Gasteiger partial charge on any atom is -0.399 e. The van der Waals surface area contributed by atoms with Crippen LogP contribution in [0.1, 0.15) is 122 Å². The molecular weight excluding hydrogens is 1050 g/mol. The van der Waals surface area contributed by atoms with Crippen molar-refractivity contribution in [1.82, 2.24) is 0 Å². The van der Waals surface area contributed by atoms with Crippen molar-refractivity contribution in [3.05, 3.63) is 106 Å². The van der Waals surface area contributed by atoms with Crippen LogP contribution in [0.25, 0.3) is 22.3 Å². The molecule has 2 aliphatic carbocycles. The molecule has 0 aromatic heterocycles. The monoisotopic (exact) mass is 1110 g/mol. The molecule has 8 rings (SSSR count). The lowest BCUT2D eigenvalue weighted by molar-refractivity contribution is -0.277. The standard InChI is InChI=1S/C27H30F6O3.C14H24O2.C13H5BrF6O/c1-2-3-16-4-7-24(35-15-16)17-8-10-26(34,11-9-17)19-5-6-20(21(28)14-19)18-12-22(29)25(23(30)13-18)36-27(31,32)33;1-2-3-11-4-9-14(16-10-11)12-5-7-13(15)8-6-12;14-7-1-2-8(9(15)5-7)6-3-10(16)12(11(17)4-6)21-13(18,19)20/h5-6,12-14,16-17,24,34H,2-4,7-11,15H2,1H3;11-12,14H,2-10H2,1H3;1-5H. The molecule has 2 aliphatic heterocycles. The van der Waals surface area contributed by atoms with Gasteiger partial charge in [0.05, 0.1) is 17.8 Å². The maximum absolute atomic E-state index is 15.0. The van der Waals surface area contributed by atoms with Gasteiger partial charge in [0.25, 0.3) is 0 Å². The Labute approximate surface area is 425 Å². The number of hydrogen-bond donors (Lipinski definition) is 1. The molecule has 4 atom stereocenters. The van der Waals surface area contributed by atoms with E-state index >= 15 is 0 Å². The van der Waals surface area contributed by atoms with E-state index in [0.717, 1.165) is 89.1 Å². The minimum absolute atomic E-state index is 0.158. The number of ether oxygens (including phenoxy) is 4. The Morgan fingerprint density at radius 3 is 1.36 bits per heavy atom. The van der Waals surface area contributed by atoms with Crippen molar-refractivity contribution in [2.75, 3.05) is 13.2 Å². The summed E-state index contributed by atoms with van der Waals surface area (Å²) >= 11 is 3.01. The van der Waals surface area contributed by atoms with Gasteiger partial charge in [0, 0.05) is 41.7 Å². The number of halogens is 13. The molecule has 73 heavy (non-hydrogen) atoms. The zero-order valence-corrected chi connectivity index (χ0v) is 42.0. The Morgan fingerprint density at radius 2 is 0.986 bits per heavy atom. The van der Waals surface area contributed by atoms with E-state index in [-0.39, 0.29) is 28.4 Å². The fourth-order valence-corrected chi connectivity index (χ4v) is 10.7. The van der Waals surface area contributed by atoms with Crippen molar-refractivity contribution in [3.8, 4) is 33.8 Å². The summed E-state index contributed by atoms with van der Waals surface area (Å²) in [7, 11) is 0. The highest BCUT2D eigenvalue weighted by Crippen LogP contribution is 2.44. The van der Waals surface area contributed by atoms with Crippen molar-refractivity contribution in [1.29, 1.82) is 0 Å². The van der Waals surface area contributed by atoms with Crippen molar-refractivity contribution < 1.29 is 81.5 Å². The van der Waals surface area contributed by atoms with Gasteiger partial charge in [-0.3, -0.25) is 4.79 Å². The zero-order chi connectivity index (χ0) is 53.3. The minimum atomic E-state index is -5.27. The van der Waals surface area contributed by atoms with Crippen LogP contribution in [-0.4, -0.2) is 49.0 Å². The second kappa shape index (κ2) is 25.5. The average molecular weight is 1110 g/mol. The van der Waals surface area contributed by atoms with Gasteiger partial charge in [0.1, 0.15) is 17.4 Å². The second-order valence-corrected chi connectivity index (χ2v) is 20.3. The largest absolute Gasteiger partial charge is 0.573 e. The summed E-state index contributed by atoms with van der Waals surface area (Å²) in [4.78, 5) is 11.2. The van der Waals surface area contributed by atoms with E-state index in [4.69, 9.17) is 9.47 Å². The van der Waals surface area contributed by atoms with Gasteiger partial charge in [0.2, 0.25) is 11.5 Å². The second-order valence-electron chi connectivity index (χ2n) is 19.4. The Balaban J connectivity index is 0.000000198. The van der Waals surface area contributed by atoms with Gasteiger partial charge in [0.15, 0.2) is 23.3 Å². The fraction of sp³-hybridized carbons (Fsp3) is 0.537. The van der Waals surface area contributed by atoms with E-state index in [1.165, 1.54) is 56.4 Å². The molecule has 0 bridgehead atoms. The Morgan fingerprint density at radius 1 is 0.575 bits per heavy atom. The molecule has 4 aromatic rings. The van der Waals surface area contributed by atoms with Crippen molar-refractivity contribution in [3.63, 3.8) is 0 Å². The fourth-order valence-electron chi connectivity index (χ4n) is 10.4. The lowest BCUT2D eigenvalue weighted by atomic mass is 9.72. The average Bonchev–Trinajstić information content (AvgIpc) is 3.32. The highest BCUT2D eigenvalue weighted by molar-refractivity contribution is 9.10. The molecule has 6 nitrogen and oxygen atoms in total. The maximum atomic E-state index is 15.0. The summed E-state index contributed by atoms with van der Waals surface area (Å²) in [5.74, 6) is -8.30. The summed E-state index contributed by atoms with van der Waals surface area (Å²) in [6, 6.07) is 9.89. The molecule has 4 aliphatic rings. The Bertz CT molecular complexity index is 2400. The summed E-state index contributed by atoms with van der Waals surface area (Å²) in [6.07, 6.45) is 5.83. The third-order valence-electron chi connectivity index (χ3n) is 14.2. The molecule has 4 unspecified atom stereocenters. The van der Waals surface area contributed by atoms with Gasteiger partial charge in [-0.1, -0.05) is 60.8 Å². The molecule has 19 heteroatoms. The van der Waals surface area contributed by atoms with Crippen LogP contribution >= 0.6 is 15.9 Å². The Hall–Kier alpha value is -4.33. The number of ketones is 1. The smallest absolute Gasteiger partial charge is 0.399 e. The first-order valence-electron chi connectivity index (χ1n) is 24.7. The van der Waals surface area contributed by atoms with Gasteiger partial charge in [-0.15, -0.1) is 26.3 Å². The third kappa shape index (κ3) is 16.3. The first-order valence-corrected chi connectivity index (χ1v) is 25.5. The number of carbonyl (C=O) groups excluding carboxylic acids is 1. The SMILES string of the molecule is CCCC1CCC(C2CCC(=O)CC2)OC1.CCCC1CCC(C2CCC(O)(c3ccc(-c4cc(F)c(OC(F)(F)F)c(F)c4)c(F)c3)CC2)OC1.Fc1cc(Br)ccc1-c1cc(F)c(OC(F)(F)F)c(F)c1. The van der Waals surface area contributed by atoms with E-state index in [1.807, 2.05) is 0 Å². The Kier molecular flexibility index (Phi) is 20.2. The number of alkyl halides is 6. The lowest BCUT2D eigenvalue weighted by Gasteiger charge is -2.41. The topological polar surface area (TPSA) is 74.2 Å². The van der Waals surface area contributed by atoms with E-state index in [2.05, 4.69) is 39.3 Å². The number of hydrogen-bond acceptors (Lipinski definition) is 6. The van der Waals surface area contributed by atoms with E-state index in [0.29, 0.717) is 76.8 Å². The maximum Gasteiger partial charge on any atom is 0.573 e. The summed E-state index contributed by atoms with van der Waals surface area (Å²) in [5.41, 5.74) is -1.78. The van der Waals surface area contributed by atoms with Crippen LogP contribution in [0.3, 0.4) is 0 Å². The van der Waals surface area contributed by atoms with E-state index in [1.54, 1.807) is 0 Å². The highest BCUT2D eigenvalue weighted by atomic mass is 79.9. The summed E-state index contributed by atoms with van der Waals surface area (Å²) in [5, 5.41) is 11.2. The molecule has 0 spiro atoms. The first kappa shape index (κ1) is 57.9. The number of benzene rings is 4. The third-order valence-corrected chi connectivity index (χ3v) is 14.7. The normalized spacial score (nSPS) is 23.9. The number of carbonyl (C=O) groups is 1. The molecule has 4 aromatic carbocycles. The predicted octanol–water partition coefficient (Wildman–Crippen LogP) is 16.4. The van der Waals surface area contributed by atoms with Crippen LogP contribution in [0, 0.1) is 58.6 Å². The predicted molar refractivity (Wildman–Crippen MR) is 252 cm³/mol. The van der Waals surface area contributed by atoms with Crippen molar-refractivity contribution in [2.24, 2.45) is 23.7 Å². The molecule has 0 amide bonds. The van der Waals surface area contributed by atoms with Gasteiger partial charge in [-0.2, -0.15) is 0 Å². The van der Waals surface area contributed by atoms with E-state index in [9.17, 15) is 62.6 Å². The van der Waals surface area contributed by atoms with Crippen molar-refractivity contribution >= 4 is 21.7 Å². The van der Waals surface area contributed by atoms with Gasteiger partial charge < -0.3 is 24.1 Å². The molecule has 4 fully saturated rings. The summed E-state index contributed by atoms with van der Waals surface area (Å²) in [6.45, 7) is 6.15. The highest BCUT2D eigenvalue weighted by Gasteiger charge is 2.40. The lowest BCUT2D eigenvalue weighted by Crippen LogP contribution is -2.38. The molecule has 1 N–H and O–H groups in total. The van der Waals surface area contributed by atoms with Crippen LogP contribution in [0.15, 0.2) is 65.1 Å². The quantitative estimate of drug-likeness (QED) is 0.151. The van der Waals surface area contributed by atoms with Crippen LogP contribution in [0.5, 0.6) is 11.5 Å². The summed E-state index contributed by atoms with van der Waals surface area (Å²) < 4.78 is 176. The molecular formula is C54H59BrF12O6. The molecule has 402 valence electrons. The van der Waals surface area contributed by atoms with Crippen LogP contribution in [0.2, 0.25) is 0 Å². The first-order chi connectivity index (χ1) is 34.4. The molecule has 2 heterocycles. The van der Waals surface area contributed by atoms with Gasteiger partial charge in [-0.05, 0) is 160 Å². The molecule has 2 saturated heterocycles. The number of aliphatic hydroxyl groups is 1. The molecule has 0 radical (unpaired) electrons. The number of Topliss-reactive ketones (excluding diaryl/α,β-unsaturated/α-hetero) is 1. The number of rotatable bonds is 11. The van der Waals surface area contributed by atoms with E-state index < -0.39 is 64.7 Å². The van der Waals surface area contributed by atoms with Crippen LogP contribution < -0.4 is 9.47 Å². The van der Waals surface area contributed by atoms with Crippen LogP contribution in [-0.2, 0) is 19.9 Å².